The molecule has 1 aliphatic rings. The summed E-state index contributed by atoms with van der Waals surface area (Å²) in [7, 11) is 3.12. The van der Waals surface area contributed by atoms with Crippen LogP contribution in [-0.4, -0.2) is 40.0 Å². The standard InChI is InChI=1S/C21H18N4O4S/c1-28-12-4-5-15-18(8-12)30-21(23-15)25-20-14(10-22-25)13(9-19(27)24-20)11-3-6-16(26)17(7-11)29-2/h3-8,10,13,26H,9H2,1-2H3,(H,24,27)/t13-/m1/s1. The molecule has 1 amide bonds. The summed E-state index contributed by atoms with van der Waals surface area (Å²) in [6, 6.07) is 10.8. The Morgan fingerprint density at radius 2 is 2.07 bits per heavy atom. The number of hydrogen-bond acceptors (Lipinski definition) is 7. The molecule has 0 fully saturated rings. The summed E-state index contributed by atoms with van der Waals surface area (Å²) in [4.78, 5) is 17.2. The second kappa shape index (κ2) is 7.03. The Morgan fingerprint density at radius 3 is 2.87 bits per heavy atom. The minimum absolute atomic E-state index is 0.0577. The van der Waals surface area contributed by atoms with E-state index in [4.69, 9.17) is 9.47 Å². The van der Waals surface area contributed by atoms with Crippen LogP contribution in [0.3, 0.4) is 0 Å². The first-order valence-electron chi connectivity index (χ1n) is 9.27. The largest absolute Gasteiger partial charge is 0.504 e. The number of rotatable bonds is 4. The molecule has 2 aromatic carbocycles. The van der Waals surface area contributed by atoms with Gasteiger partial charge in [-0.3, -0.25) is 4.79 Å². The van der Waals surface area contributed by atoms with Crippen molar-refractivity contribution >= 4 is 33.3 Å². The minimum atomic E-state index is -0.202. The van der Waals surface area contributed by atoms with Gasteiger partial charge in [0, 0.05) is 17.9 Å². The Labute approximate surface area is 175 Å². The molecule has 1 aliphatic heterocycles. The first-order valence-corrected chi connectivity index (χ1v) is 10.1. The molecular formula is C21H18N4O4S. The first-order chi connectivity index (χ1) is 14.6. The third-order valence-electron chi connectivity index (χ3n) is 5.19. The first kappa shape index (κ1) is 18.4. The van der Waals surface area contributed by atoms with Crippen LogP contribution in [0.4, 0.5) is 5.82 Å². The molecule has 30 heavy (non-hydrogen) atoms. The van der Waals surface area contributed by atoms with Crippen molar-refractivity contribution in [2.24, 2.45) is 0 Å². The number of thiazole rings is 1. The van der Waals surface area contributed by atoms with E-state index in [9.17, 15) is 9.90 Å². The summed E-state index contributed by atoms with van der Waals surface area (Å²) < 4.78 is 13.1. The van der Waals surface area contributed by atoms with E-state index in [1.54, 1.807) is 36.2 Å². The number of aromatic nitrogens is 3. The van der Waals surface area contributed by atoms with Crippen LogP contribution in [0.2, 0.25) is 0 Å². The smallest absolute Gasteiger partial charge is 0.226 e. The summed E-state index contributed by atoms with van der Waals surface area (Å²) in [6.07, 6.45) is 2.04. The van der Waals surface area contributed by atoms with Crippen molar-refractivity contribution in [1.82, 2.24) is 14.8 Å². The van der Waals surface area contributed by atoms with Crippen LogP contribution in [-0.2, 0) is 4.79 Å². The highest BCUT2D eigenvalue weighted by Crippen LogP contribution is 2.41. The van der Waals surface area contributed by atoms with E-state index >= 15 is 0 Å². The highest BCUT2D eigenvalue weighted by atomic mass is 32.1. The van der Waals surface area contributed by atoms with Crippen LogP contribution in [0.15, 0.2) is 42.6 Å². The van der Waals surface area contributed by atoms with Gasteiger partial charge in [0.05, 0.1) is 30.6 Å². The summed E-state index contributed by atoms with van der Waals surface area (Å²) in [6.45, 7) is 0. The van der Waals surface area contributed by atoms with E-state index in [1.165, 1.54) is 18.4 Å². The number of phenols is 1. The predicted molar refractivity (Wildman–Crippen MR) is 113 cm³/mol. The molecule has 0 saturated heterocycles. The molecule has 0 spiro atoms. The molecule has 2 aromatic heterocycles. The molecule has 8 nitrogen and oxygen atoms in total. The number of nitrogens with one attached hydrogen (secondary N) is 1. The molecule has 4 aromatic rings. The average molecular weight is 422 g/mol. The molecule has 2 N–H and O–H groups in total. The Kier molecular flexibility index (Phi) is 4.32. The molecule has 0 unspecified atom stereocenters. The van der Waals surface area contributed by atoms with Gasteiger partial charge >= 0.3 is 0 Å². The summed E-state index contributed by atoms with van der Waals surface area (Å²) >= 11 is 1.47. The third-order valence-corrected chi connectivity index (χ3v) is 6.19. The Bertz CT molecular complexity index is 1280. The van der Waals surface area contributed by atoms with Crippen molar-refractivity contribution in [3.8, 4) is 22.4 Å². The van der Waals surface area contributed by atoms with Crippen molar-refractivity contribution in [3.05, 3.63) is 53.7 Å². The molecule has 0 bridgehead atoms. The number of nitrogens with zero attached hydrogens (tertiary/aromatic N) is 3. The van der Waals surface area contributed by atoms with E-state index in [-0.39, 0.29) is 24.0 Å². The van der Waals surface area contributed by atoms with Gasteiger partial charge < -0.3 is 19.9 Å². The molecule has 0 aliphatic carbocycles. The number of fused-ring (bicyclic) bond motifs is 2. The molecule has 0 saturated carbocycles. The van der Waals surface area contributed by atoms with Crippen LogP contribution in [0.5, 0.6) is 17.2 Å². The van der Waals surface area contributed by atoms with E-state index < -0.39 is 0 Å². The van der Waals surface area contributed by atoms with Crippen molar-refractivity contribution < 1.29 is 19.4 Å². The van der Waals surface area contributed by atoms with Crippen LogP contribution in [0.25, 0.3) is 15.3 Å². The van der Waals surface area contributed by atoms with Crippen LogP contribution >= 0.6 is 11.3 Å². The summed E-state index contributed by atoms with van der Waals surface area (Å²) in [5, 5.41) is 18.0. The lowest BCUT2D eigenvalue weighted by Gasteiger charge is -2.23. The molecule has 1 atom stereocenters. The number of methoxy groups -OCH3 is 2. The lowest BCUT2D eigenvalue weighted by Crippen LogP contribution is -2.24. The Balaban J connectivity index is 1.59. The molecule has 3 heterocycles. The van der Waals surface area contributed by atoms with Gasteiger partial charge in [-0.15, -0.1) is 0 Å². The normalized spacial score (nSPS) is 15.7. The number of benzene rings is 2. The van der Waals surface area contributed by atoms with E-state index in [0.29, 0.717) is 16.7 Å². The monoisotopic (exact) mass is 422 g/mol. The molecule has 0 radical (unpaired) electrons. The fourth-order valence-electron chi connectivity index (χ4n) is 3.68. The number of carbonyl (C=O) groups is 1. The SMILES string of the molecule is COc1ccc2nc(-n3ncc4c3NC(=O)C[C@@H]4c3ccc(O)c(OC)c3)sc2c1. The van der Waals surface area contributed by atoms with E-state index in [1.807, 2.05) is 18.2 Å². The van der Waals surface area contributed by atoms with Gasteiger partial charge in [-0.05, 0) is 35.9 Å². The maximum absolute atomic E-state index is 12.5. The second-order valence-corrected chi connectivity index (χ2v) is 7.94. The van der Waals surface area contributed by atoms with Crippen LogP contribution in [0.1, 0.15) is 23.5 Å². The highest BCUT2D eigenvalue weighted by molar-refractivity contribution is 7.20. The Hall–Kier alpha value is -3.59. The van der Waals surface area contributed by atoms with Gasteiger partial charge in [0.1, 0.15) is 11.6 Å². The van der Waals surface area contributed by atoms with Crippen molar-refractivity contribution in [3.63, 3.8) is 0 Å². The maximum atomic E-state index is 12.5. The van der Waals surface area contributed by atoms with Crippen LogP contribution in [0, 0.1) is 0 Å². The fourth-order valence-corrected chi connectivity index (χ4v) is 4.64. The summed E-state index contributed by atoms with van der Waals surface area (Å²) in [5.74, 6) is 1.48. The number of amides is 1. The number of anilines is 1. The zero-order chi connectivity index (χ0) is 20.8. The lowest BCUT2D eigenvalue weighted by molar-refractivity contribution is -0.116. The molecule has 5 rings (SSSR count). The zero-order valence-corrected chi connectivity index (χ0v) is 17.1. The zero-order valence-electron chi connectivity index (χ0n) is 16.2. The molecule has 9 heteroatoms. The van der Waals surface area contributed by atoms with Gasteiger partial charge in [0.25, 0.3) is 0 Å². The van der Waals surface area contributed by atoms with Crippen molar-refractivity contribution in [2.75, 3.05) is 19.5 Å². The van der Waals surface area contributed by atoms with E-state index in [2.05, 4.69) is 15.4 Å². The van der Waals surface area contributed by atoms with Gasteiger partial charge in [0.15, 0.2) is 11.5 Å². The van der Waals surface area contributed by atoms with Crippen molar-refractivity contribution in [2.45, 2.75) is 12.3 Å². The number of ether oxygens (including phenoxy) is 2. The quantitative estimate of drug-likeness (QED) is 0.521. The van der Waals surface area contributed by atoms with Gasteiger partial charge in [-0.1, -0.05) is 17.4 Å². The number of phenolic OH excluding ortho intramolecular Hbond substituents is 1. The number of carbonyl (C=O) groups excluding carboxylic acids is 1. The summed E-state index contributed by atoms with van der Waals surface area (Å²) in [5.41, 5.74) is 2.59. The predicted octanol–water partition coefficient (Wildman–Crippen LogP) is 3.68. The van der Waals surface area contributed by atoms with Gasteiger partial charge in [0.2, 0.25) is 11.0 Å². The minimum Gasteiger partial charge on any atom is -0.504 e. The fraction of sp³-hybridized carbons (Fsp3) is 0.190. The number of hydrogen-bond donors (Lipinski definition) is 2. The lowest BCUT2D eigenvalue weighted by atomic mass is 9.87. The average Bonchev–Trinajstić information content (AvgIpc) is 3.36. The highest BCUT2D eigenvalue weighted by Gasteiger charge is 2.31. The maximum Gasteiger partial charge on any atom is 0.226 e. The van der Waals surface area contributed by atoms with Crippen molar-refractivity contribution in [1.29, 1.82) is 0 Å². The number of aromatic hydroxyl groups is 1. The third kappa shape index (κ3) is 2.94. The second-order valence-electron chi connectivity index (χ2n) is 6.93. The topological polar surface area (TPSA) is 98.5 Å². The van der Waals surface area contributed by atoms with Gasteiger partial charge in [-0.2, -0.15) is 9.78 Å². The van der Waals surface area contributed by atoms with E-state index in [0.717, 1.165) is 27.1 Å². The van der Waals surface area contributed by atoms with Crippen LogP contribution < -0.4 is 14.8 Å². The molecule has 152 valence electrons. The molecular weight excluding hydrogens is 404 g/mol. The van der Waals surface area contributed by atoms with Gasteiger partial charge in [-0.25, -0.2) is 4.98 Å². The Morgan fingerprint density at radius 1 is 1.20 bits per heavy atom.